The number of rotatable bonds is 11. The molecule has 5 aromatic rings. The molecule has 21 heteroatoms. The van der Waals surface area contributed by atoms with Gasteiger partial charge in [0.1, 0.15) is 38.4 Å². The third-order valence-corrected chi connectivity index (χ3v) is 9.70. The second-order valence-electron chi connectivity index (χ2n) is 10.4. The molecule has 5 aromatic carbocycles. The van der Waals surface area contributed by atoms with Gasteiger partial charge in [-0.1, -0.05) is 0 Å². The van der Waals surface area contributed by atoms with Crippen LogP contribution in [0.3, 0.4) is 0 Å². The van der Waals surface area contributed by atoms with Crippen LogP contribution < -0.4 is 20.5 Å². The number of phenolic OH excluding ortho intramolecular Hbond substituents is 1. The number of fused-ring (bicyclic) bond motifs is 1. The molecule has 0 bridgehead atoms. The van der Waals surface area contributed by atoms with Crippen molar-refractivity contribution < 1.29 is 53.5 Å². The molecule has 0 saturated heterocycles. The zero-order chi connectivity index (χ0) is 37.3. The topological polar surface area (TPSA) is 289 Å². The number of methoxy groups -OCH3 is 2. The number of nitrogen functional groups attached to an aromatic ring is 1. The fraction of sp³-hybridized carbons (Fsp3) is 0.0667. The third-order valence-electron chi connectivity index (χ3n) is 7.05. The zero-order valence-corrected chi connectivity index (χ0v) is 28.6. The van der Waals surface area contributed by atoms with E-state index in [2.05, 4.69) is 25.8 Å². The molecule has 0 heterocycles. The SMILES string of the molecule is COc1cc(/N=N/c2c(S(=O)(=O)O)cc3cc(Nc4ccc(N)c(S(=O)(=O)O)c4)ccc3c2O)c(OC)cc1N=Nc1ccc(S(=O)(=O)O)cc1. The summed E-state index contributed by atoms with van der Waals surface area (Å²) in [5.74, 6) is -0.502. The predicted molar refractivity (Wildman–Crippen MR) is 184 cm³/mol. The molecular weight excluding hydrogens is 733 g/mol. The lowest BCUT2D eigenvalue weighted by molar-refractivity contribution is 0.405. The predicted octanol–water partition coefficient (Wildman–Crippen LogP) is 6.46. The molecule has 0 aliphatic rings. The Balaban J connectivity index is 1.51. The Kier molecular flexibility index (Phi) is 9.96. The van der Waals surface area contributed by atoms with E-state index >= 15 is 0 Å². The highest BCUT2D eigenvalue weighted by atomic mass is 32.2. The van der Waals surface area contributed by atoms with E-state index in [9.17, 15) is 39.5 Å². The highest BCUT2D eigenvalue weighted by Crippen LogP contribution is 2.45. The molecule has 0 fully saturated rings. The van der Waals surface area contributed by atoms with Crippen LogP contribution in [0.5, 0.6) is 17.2 Å². The smallest absolute Gasteiger partial charge is 0.296 e. The summed E-state index contributed by atoms with van der Waals surface area (Å²) < 4.78 is 110. The molecule has 0 unspecified atom stereocenters. The first-order valence-corrected chi connectivity index (χ1v) is 18.3. The van der Waals surface area contributed by atoms with Crippen LogP contribution in [0, 0.1) is 0 Å². The number of anilines is 3. The Morgan fingerprint density at radius 3 is 1.73 bits per heavy atom. The number of nitrogens with two attached hydrogens (primary N) is 1. The van der Waals surface area contributed by atoms with Crippen molar-refractivity contribution in [3.05, 3.63) is 78.9 Å². The van der Waals surface area contributed by atoms with E-state index in [1.807, 2.05) is 0 Å². The molecular formula is C30H26N6O12S3. The van der Waals surface area contributed by atoms with Gasteiger partial charge >= 0.3 is 0 Å². The maximum atomic E-state index is 12.5. The summed E-state index contributed by atoms with van der Waals surface area (Å²) in [7, 11) is -11.4. The summed E-state index contributed by atoms with van der Waals surface area (Å²) in [6.07, 6.45) is 0. The number of aromatic hydroxyl groups is 1. The molecule has 0 saturated carbocycles. The summed E-state index contributed by atoms with van der Waals surface area (Å²) in [6, 6.07) is 16.7. The molecule has 5 rings (SSSR count). The molecule has 7 N–H and O–H groups in total. The first-order chi connectivity index (χ1) is 23.9. The number of hydrogen-bond acceptors (Lipinski definition) is 15. The van der Waals surface area contributed by atoms with Crippen molar-refractivity contribution in [2.24, 2.45) is 20.5 Å². The van der Waals surface area contributed by atoms with Gasteiger partial charge in [-0.25, -0.2) is 0 Å². The second-order valence-corrected chi connectivity index (χ2v) is 14.6. The summed E-state index contributed by atoms with van der Waals surface area (Å²) in [5, 5.41) is 30.3. The van der Waals surface area contributed by atoms with E-state index in [0.29, 0.717) is 5.69 Å². The van der Waals surface area contributed by atoms with E-state index < -0.39 is 51.6 Å². The van der Waals surface area contributed by atoms with E-state index in [1.165, 1.54) is 68.8 Å². The summed E-state index contributed by atoms with van der Waals surface area (Å²) in [6.45, 7) is 0. The summed E-state index contributed by atoms with van der Waals surface area (Å²) in [4.78, 5) is -1.67. The van der Waals surface area contributed by atoms with E-state index in [-0.39, 0.29) is 55.6 Å². The molecule has 0 atom stereocenters. The van der Waals surface area contributed by atoms with Crippen LogP contribution in [-0.4, -0.2) is 58.2 Å². The van der Waals surface area contributed by atoms with Crippen molar-refractivity contribution in [3.8, 4) is 17.2 Å². The number of ether oxygens (including phenoxy) is 2. The number of benzene rings is 5. The number of nitrogens with one attached hydrogen (secondary N) is 1. The largest absolute Gasteiger partial charge is 0.505 e. The Morgan fingerprint density at radius 1 is 0.627 bits per heavy atom. The lowest BCUT2D eigenvalue weighted by Crippen LogP contribution is -2.04. The van der Waals surface area contributed by atoms with Crippen LogP contribution in [-0.2, 0) is 30.4 Å². The molecule has 18 nitrogen and oxygen atoms in total. The van der Waals surface area contributed by atoms with Crippen molar-refractivity contribution >= 4 is 80.9 Å². The normalized spacial score (nSPS) is 12.5. The third kappa shape index (κ3) is 8.20. The number of phenols is 1. The van der Waals surface area contributed by atoms with Crippen LogP contribution in [0.15, 0.2) is 114 Å². The number of nitrogens with zero attached hydrogens (tertiary/aromatic N) is 4. The first kappa shape index (κ1) is 36.6. The first-order valence-electron chi connectivity index (χ1n) is 14.0. The minimum atomic E-state index is -5.00. The van der Waals surface area contributed by atoms with Crippen LogP contribution in [0.25, 0.3) is 10.8 Å². The fourth-order valence-electron chi connectivity index (χ4n) is 4.65. The van der Waals surface area contributed by atoms with E-state index in [0.717, 1.165) is 24.3 Å². The minimum absolute atomic E-state index is 0.0149. The highest BCUT2D eigenvalue weighted by Gasteiger charge is 2.23. The molecule has 51 heavy (non-hydrogen) atoms. The van der Waals surface area contributed by atoms with Gasteiger partial charge in [0.25, 0.3) is 30.4 Å². The van der Waals surface area contributed by atoms with Crippen LogP contribution in [0.2, 0.25) is 0 Å². The van der Waals surface area contributed by atoms with E-state index in [4.69, 9.17) is 19.8 Å². The van der Waals surface area contributed by atoms with Gasteiger partial charge in [0.2, 0.25) is 0 Å². The minimum Gasteiger partial charge on any atom is -0.505 e. The van der Waals surface area contributed by atoms with Gasteiger partial charge in [-0.15, -0.1) is 15.3 Å². The van der Waals surface area contributed by atoms with Crippen molar-refractivity contribution in [1.82, 2.24) is 0 Å². The molecule has 0 radical (unpaired) electrons. The quantitative estimate of drug-likeness (QED) is 0.0479. The molecule has 0 aromatic heterocycles. The molecule has 266 valence electrons. The van der Waals surface area contributed by atoms with Gasteiger partial charge in [0.05, 0.1) is 30.5 Å². The Morgan fingerprint density at radius 2 is 1.18 bits per heavy atom. The molecule has 0 spiro atoms. The monoisotopic (exact) mass is 758 g/mol. The van der Waals surface area contributed by atoms with Gasteiger partial charge in [-0.2, -0.15) is 30.4 Å². The standard InChI is InChI=1S/C30H26N6O12S3/c1-47-25-15-24(26(48-2)14-23(25)34-33-17-3-7-20(8-4-17)49(38,39)40)35-36-29-28(51(44,45)46)12-16-11-18(5-9-21(16)30(29)37)32-19-6-10-22(31)27(13-19)50(41,42)43/h3-15,32,37H,31H2,1-2H3,(H,38,39,40)(H,41,42,43)(H,44,45,46)/b34-33?,36-35+. The van der Waals surface area contributed by atoms with Crippen LogP contribution in [0.1, 0.15) is 0 Å². The molecule has 0 amide bonds. The number of azo groups is 2. The molecule has 0 aliphatic carbocycles. The van der Waals surface area contributed by atoms with Crippen molar-refractivity contribution in [3.63, 3.8) is 0 Å². The maximum absolute atomic E-state index is 12.5. The van der Waals surface area contributed by atoms with Crippen LogP contribution >= 0.6 is 0 Å². The summed E-state index contributed by atoms with van der Waals surface area (Å²) in [5.41, 5.74) is 5.70. The van der Waals surface area contributed by atoms with Gasteiger partial charge in [0, 0.05) is 28.9 Å². The lowest BCUT2D eigenvalue weighted by Gasteiger charge is -2.13. The Bertz CT molecular complexity index is 2580. The second kappa shape index (κ2) is 13.9. The Labute approximate surface area is 290 Å². The fourth-order valence-corrected chi connectivity index (χ4v) is 6.43. The number of hydrogen-bond donors (Lipinski definition) is 6. The van der Waals surface area contributed by atoms with Gasteiger partial charge < -0.3 is 25.6 Å². The lowest BCUT2D eigenvalue weighted by atomic mass is 10.1. The average molecular weight is 759 g/mol. The average Bonchev–Trinajstić information content (AvgIpc) is 3.06. The van der Waals surface area contributed by atoms with Crippen molar-refractivity contribution in [1.29, 1.82) is 0 Å². The van der Waals surface area contributed by atoms with Crippen LogP contribution in [0.4, 0.5) is 39.8 Å². The highest BCUT2D eigenvalue weighted by molar-refractivity contribution is 7.86. The van der Waals surface area contributed by atoms with Gasteiger partial charge in [-0.3, -0.25) is 13.7 Å². The Hall–Kier alpha value is -5.71. The van der Waals surface area contributed by atoms with Crippen molar-refractivity contribution in [2.45, 2.75) is 14.7 Å². The zero-order valence-electron chi connectivity index (χ0n) is 26.2. The van der Waals surface area contributed by atoms with Gasteiger partial charge in [-0.05, 0) is 72.1 Å². The van der Waals surface area contributed by atoms with Crippen molar-refractivity contribution in [2.75, 3.05) is 25.3 Å². The maximum Gasteiger partial charge on any atom is 0.296 e. The van der Waals surface area contributed by atoms with E-state index in [1.54, 1.807) is 0 Å². The summed E-state index contributed by atoms with van der Waals surface area (Å²) >= 11 is 0. The van der Waals surface area contributed by atoms with Gasteiger partial charge in [0.15, 0.2) is 5.75 Å². The molecule has 0 aliphatic heterocycles.